The molecule has 168 valence electrons. The number of esters is 3. The van der Waals surface area contributed by atoms with Gasteiger partial charge in [-0.25, -0.2) is 14.0 Å². The molecule has 0 saturated carbocycles. The monoisotopic (exact) mass is 440 g/mol. The summed E-state index contributed by atoms with van der Waals surface area (Å²) in [7, 11) is 0. The van der Waals surface area contributed by atoms with Crippen LogP contribution in [0.5, 0.6) is 0 Å². The van der Waals surface area contributed by atoms with Crippen LogP contribution in [0.15, 0.2) is 54.6 Å². The highest BCUT2D eigenvalue weighted by Gasteiger charge is 2.19. The number of carbonyl (C=O) groups excluding carboxylic acids is 3. The number of ether oxygens (including phenoxy) is 3. The van der Waals surface area contributed by atoms with Crippen LogP contribution in [0.1, 0.15) is 49.1 Å². The Morgan fingerprint density at radius 2 is 1.34 bits per heavy atom. The van der Waals surface area contributed by atoms with Crippen LogP contribution in [-0.4, -0.2) is 31.1 Å². The van der Waals surface area contributed by atoms with Crippen LogP contribution >= 0.6 is 0 Å². The number of carbonyl (C=O) groups is 3. The summed E-state index contributed by atoms with van der Waals surface area (Å²) in [5.41, 5.74) is 2.35. The molecule has 2 aromatic carbocycles. The molecule has 1 unspecified atom stereocenters. The fraction of sp³-hybridized carbons (Fsp3) is 0.240. The number of halogens is 1. The van der Waals surface area contributed by atoms with E-state index < -0.39 is 29.8 Å². The Bertz CT molecular complexity index is 961. The van der Waals surface area contributed by atoms with Crippen LogP contribution in [0.3, 0.4) is 0 Å². The van der Waals surface area contributed by atoms with Gasteiger partial charge in [-0.3, -0.25) is 4.79 Å². The van der Waals surface area contributed by atoms with E-state index in [0.29, 0.717) is 22.3 Å². The van der Waals surface area contributed by atoms with E-state index in [1.54, 1.807) is 44.2 Å². The van der Waals surface area contributed by atoms with E-state index in [1.807, 2.05) is 0 Å². The molecule has 0 aromatic heterocycles. The fourth-order valence-corrected chi connectivity index (χ4v) is 2.89. The third kappa shape index (κ3) is 7.83. The first kappa shape index (κ1) is 24.5. The minimum Gasteiger partial charge on any atom is -0.463 e. The third-order valence-electron chi connectivity index (χ3n) is 4.16. The number of hydrogen-bond donors (Lipinski definition) is 0. The molecule has 1 atom stereocenters. The van der Waals surface area contributed by atoms with Crippen LogP contribution in [0.2, 0.25) is 0 Å². The van der Waals surface area contributed by atoms with Crippen molar-refractivity contribution in [1.82, 2.24) is 0 Å². The van der Waals surface area contributed by atoms with Crippen molar-refractivity contribution >= 4 is 30.1 Å². The number of rotatable bonds is 9. The topological polar surface area (TPSA) is 78.9 Å². The maximum absolute atomic E-state index is 13.4. The molecule has 2 rings (SSSR count). The Hall–Kier alpha value is -3.74. The molecule has 0 N–H and O–H groups in total. The molecule has 0 radical (unpaired) electrons. The van der Waals surface area contributed by atoms with Gasteiger partial charge in [0, 0.05) is 19.1 Å². The van der Waals surface area contributed by atoms with Crippen molar-refractivity contribution in [1.29, 1.82) is 0 Å². The van der Waals surface area contributed by atoms with Crippen LogP contribution in [0.25, 0.3) is 12.2 Å². The van der Waals surface area contributed by atoms with Crippen LogP contribution < -0.4 is 0 Å². The fourth-order valence-electron chi connectivity index (χ4n) is 2.89. The average molecular weight is 440 g/mol. The lowest BCUT2D eigenvalue weighted by Crippen LogP contribution is -2.10. The van der Waals surface area contributed by atoms with Crippen LogP contribution in [0, 0.1) is 5.82 Å². The van der Waals surface area contributed by atoms with E-state index in [2.05, 4.69) is 0 Å². The summed E-state index contributed by atoms with van der Waals surface area (Å²) < 4.78 is 28.7. The van der Waals surface area contributed by atoms with E-state index in [4.69, 9.17) is 14.2 Å². The maximum Gasteiger partial charge on any atom is 0.330 e. The smallest absolute Gasteiger partial charge is 0.330 e. The van der Waals surface area contributed by atoms with E-state index in [9.17, 15) is 18.8 Å². The first-order valence-electron chi connectivity index (χ1n) is 10.1. The Morgan fingerprint density at radius 3 is 1.78 bits per heavy atom. The van der Waals surface area contributed by atoms with Crippen molar-refractivity contribution in [3.63, 3.8) is 0 Å². The van der Waals surface area contributed by atoms with Crippen LogP contribution in [-0.2, 0) is 28.6 Å². The van der Waals surface area contributed by atoms with Gasteiger partial charge in [-0.15, -0.1) is 0 Å². The first-order chi connectivity index (χ1) is 15.3. The second kappa shape index (κ2) is 12.2. The number of hydrogen-bond acceptors (Lipinski definition) is 6. The zero-order chi connectivity index (χ0) is 23.5. The second-order valence-electron chi connectivity index (χ2n) is 6.64. The van der Waals surface area contributed by atoms with Crippen molar-refractivity contribution in [2.24, 2.45) is 0 Å². The minimum atomic E-state index is -0.821. The predicted octanol–water partition coefficient (Wildman–Crippen LogP) is 4.63. The van der Waals surface area contributed by atoms with Gasteiger partial charge >= 0.3 is 17.9 Å². The van der Waals surface area contributed by atoms with Gasteiger partial charge in [0.05, 0.1) is 13.2 Å². The molecule has 0 heterocycles. The van der Waals surface area contributed by atoms with E-state index >= 15 is 0 Å². The standard InChI is InChI=1S/C25H25FO6/c1-4-30-23(28)12-6-18-14-19(7-13-24(29)31-5-2)16-21(15-18)25(32-17(3)27)20-8-10-22(26)11-9-20/h6-16,25H,4-5H2,1-3H3. The highest BCUT2D eigenvalue weighted by Crippen LogP contribution is 2.29. The Labute approximate surface area is 186 Å². The highest BCUT2D eigenvalue weighted by molar-refractivity contribution is 5.88. The van der Waals surface area contributed by atoms with Crippen molar-refractivity contribution < 1.29 is 33.0 Å². The van der Waals surface area contributed by atoms with Gasteiger partial charge in [0.1, 0.15) is 5.82 Å². The Kier molecular flexibility index (Phi) is 9.35. The Balaban J connectivity index is 2.52. The van der Waals surface area contributed by atoms with Crippen molar-refractivity contribution in [2.45, 2.75) is 26.9 Å². The van der Waals surface area contributed by atoms with E-state index in [0.717, 1.165) is 0 Å². The summed E-state index contributed by atoms with van der Waals surface area (Å²) in [5.74, 6) is -1.94. The van der Waals surface area contributed by atoms with E-state index in [1.165, 1.54) is 43.3 Å². The molecule has 0 aliphatic heterocycles. The lowest BCUT2D eigenvalue weighted by atomic mass is 9.96. The van der Waals surface area contributed by atoms with Gasteiger partial charge in [0.2, 0.25) is 0 Å². The van der Waals surface area contributed by atoms with Gasteiger partial charge in [-0.05, 0) is 78.6 Å². The molecule has 0 spiro atoms. The second-order valence-corrected chi connectivity index (χ2v) is 6.64. The average Bonchev–Trinajstić information content (AvgIpc) is 2.75. The molecular formula is C25H25FO6. The molecule has 0 saturated heterocycles. The summed E-state index contributed by atoms with van der Waals surface area (Å²) in [5, 5.41) is 0. The Morgan fingerprint density at radius 1 is 0.844 bits per heavy atom. The van der Waals surface area contributed by atoms with Gasteiger partial charge in [-0.2, -0.15) is 0 Å². The van der Waals surface area contributed by atoms with Gasteiger partial charge in [0.15, 0.2) is 6.10 Å². The molecule has 32 heavy (non-hydrogen) atoms. The molecular weight excluding hydrogens is 415 g/mol. The molecule has 6 nitrogen and oxygen atoms in total. The molecule has 0 bridgehead atoms. The zero-order valence-electron chi connectivity index (χ0n) is 18.2. The quantitative estimate of drug-likeness (QED) is 0.321. The molecule has 2 aromatic rings. The number of benzene rings is 2. The minimum absolute atomic E-state index is 0.246. The summed E-state index contributed by atoms with van der Waals surface area (Å²) in [6.45, 7) is 5.18. The van der Waals surface area contributed by atoms with Gasteiger partial charge < -0.3 is 14.2 Å². The van der Waals surface area contributed by atoms with E-state index in [-0.39, 0.29) is 13.2 Å². The summed E-state index contributed by atoms with van der Waals surface area (Å²) in [4.78, 5) is 35.2. The largest absolute Gasteiger partial charge is 0.463 e. The first-order valence-corrected chi connectivity index (χ1v) is 10.1. The summed E-state index contributed by atoms with van der Waals surface area (Å²) in [6, 6.07) is 10.8. The molecule has 0 fully saturated rings. The summed E-state index contributed by atoms with van der Waals surface area (Å²) >= 11 is 0. The molecule has 0 amide bonds. The third-order valence-corrected chi connectivity index (χ3v) is 4.16. The summed E-state index contributed by atoms with van der Waals surface area (Å²) in [6.07, 6.45) is 4.84. The van der Waals surface area contributed by atoms with Gasteiger partial charge in [0.25, 0.3) is 0 Å². The molecule has 0 aliphatic carbocycles. The van der Waals surface area contributed by atoms with Crippen molar-refractivity contribution in [3.05, 3.63) is 82.7 Å². The van der Waals surface area contributed by atoms with Crippen LogP contribution in [0.4, 0.5) is 4.39 Å². The van der Waals surface area contributed by atoms with Gasteiger partial charge in [-0.1, -0.05) is 12.1 Å². The maximum atomic E-state index is 13.4. The SMILES string of the molecule is CCOC(=O)C=Cc1cc(C=CC(=O)OCC)cc(C(OC(C)=O)c2ccc(F)cc2)c1. The zero-order valence-corrected chi connectivity index (χ0v) is 18.2. The van der Waals surface area contributed by atoms with Crippen molar-refractivity contribution in [3.8, 4) is 0 Å². The lowest BCUT2D eigenvalue weighted by Gasteiger charge is -2.19. The lowest BCUT2D eigenvalue weighted by molar-refractivity contribution is -0.145. The predicted molar refractivity (Wildman–Crippen MR) is 118 cm³/mol. The molecule has 7 heteroatoms. The molecule has 0 aliphatic rings. The normalized spacial score (nSPS) is 12.0. The highest BCUT2D eigenvalue weighted by atomic mass is 19.1. The van der Waals surface area contributed by atoms with Crippen molar-refractivity contribution in [2.75, 3.05) is 13.2 Å².